The number of furan rings is 1. The maximum atomic E-state index is 13.1. The van der Waals surface area contributed by atoms with Crippen LogP contribution in [0.1, 0.15) is 10.4 Å². The number of hydrogen-bond donors (Lipinski definition) is 1. The monoisotopic (exact) mass is 380 g/mol. The molecular formula is C23H16N4O2. The number of rotatable bonds is 4. The average molecular weight is 380 g/mol. The van der Waals surface area contributed by atoms with Crippen LogP contribution in [0.2, 0.25) is 0 Å². The predicted octanol–water partition coefficient (Wildman–Crippen LogP) is 4.93. The Balaban J connectivity index is 1.50. The number of hydrogen-bond acceptors (Lipinski definition) is 4. The first-order valence-corrected chi connectivity index (χ1v) is 9.14. The zero-order valence-corrected chi connectivity index (χ0v) is 15.3. The maximum absolute atomic E-state index is 13.1. The van der Waals surface area contributed by atoms with Crippen molar-refractivity contribution in [2.45, 2.75) is 0 Å². The Bertz CT molecular complexity index is 1290. The Morgan fingerprint density at radius 1 is 0.931 bits per heavy atom. The minimum absolute atomic E-state index is 0.255. The molecule has 29 heavy (non-hydrogen) atoms. The van der Waals surface area contributed by atoms with Gasteiger partial charge < -0.3 is 9.73 Å². The standard InChI is InChI=1S/C23H16N4O2/c28-23(25-22-12-13-27(26-22)16-7-2-1-3-8-16)18-15-20(21-11-6-14-29-21)24-19-10-5-4-9-17(18)19/h1-15H,(H,25,26,28). The number of carbonyl (C=O) groups excluding carboxylic acids is 1. The molecule has 6 heteroatoms. The smallest absolute Gasteiger partial charge is 0.257 e. The van der Waals surface area contributed by atoms with E-state index in [9.17, 15) is 4.79 Å². The molecule has 0 atom stereocenters. The Kier molecular flexibility index (Phi) is 4.14. The van der Waals surface area contributed by atoms with Gasteiger partial charge in [0.25, 0.3) is 5.91 Å². The van der Waals surface area contributed by atoms with E-state index in [1.54, 1.807) is 29.1 Å². The second-order valence-corrected chi connectivity index (χ2v) is 6.48. The summed E-state index contributed by atoms with van der Waals surface area (Å²) in [6.07, 6.45) is 3.39. The molecule has 1 amide bonds. The SMILES string of the molecule is O=C(Nc1ccn(-c2ccccc2)n1)c1cc(-c2ccco2)nc2ccccc12. The lowest BCUT2D eigenvalue weighted by Crippen LogP contribution is -2.13. The molecule has 0 aliphatic carbocycles. The van der Waals surface area contributed by atoms with Crippen LogP contribution in [0, 0.1) is 0 Å². The molecule has 0 spiro atoms. The lowest BCUT2D eigenvalue weighted by atomic mass is 10.1. The van der Waals surface area contributed by atoms with Gasteiger partial charge in [-0.05, 0) is 36.4 Å². The molecule has 1 N–H and O–H groups in total. The topological polar surface area (TPSA) is 73.0 Å². The third-order valence-corrected chi connectivity index (χ3v) is 4.59. The molecule has 6 nitrogen and oxygen atoms in total. The van der Waals surface area contributed by atoms with E-state index in [-0.39, 0.29) is 5.91 Å². The summed E-state index contributed by atoms with van der Waals surface area (Å²) in [5, 5.41) is 8.10. The molecule has 0 fully saturated rings. The Morgan fingerprint density at radius 2 is 1.76 bits per heavy atom. The van der Waals surface area contributed by atoms with E-state index in [4.69, 9.17) is 4.42 Å². The summed E-state index contributed by atoms with van der Waals surface area (Å²) >= 11 is 0. The molecule has 0 aliphatic rings. The van der Waals surface area contributed by atoms with E-state index in [2.05, 4.69) is 15.4 Å². The molecule has 0 aliphatic heterocycles. The fraction of sp³-hybridized carbons (Fsp3) is 0. The highest BCUT2D eigenvalue weighted by molar-refractivity contribution is 6.12. The number of amides is 1. The van der Waals surface area contributed by atoms with Gasteiger partial charge in [0.05, 0.1) is 23.0 Å². The minimum Gasteiger partial charge on any atom is -0.463 e. The summed E-state index contributed by atoms with van der Waals surface area (Å²) in [5.74, 6) is 0.826. The lowest BCUT2D eigenvalue weighted by Gasteiger charge is -2.08. The first kappa shape index (κ1) is 16.9. The fourth-order valence-electron chi connectivity index (χ4n) is 3.21. The van der Waals surface area contributed by atoms with Crippen molar-refractivity contribution in [3.63, 3.8) is 0 Å². The predicted molar refractivity (Wildman–Crippen MR) is 111 cm³/mol. The third kappa shape index (κ3) is 3.27. The van der Waals surface area contributed by atoms with Crippen LogP contribution < -0.4 is 5.32 Å². The molecule has 0 saturated carbocycles. The van der Waals surface area contributed by atoms with Crippen LogP contribution in [0.5, 0.6) is 0 Å². The van der Waals surface area contributed by atoms with E-state index in [1.807, 2.05) is 66.9 Å². The molecule has 0 saturated heterocycles. The Morgan fingerprint density at radius 3 is 2.59 bits per heavy atom. The van der Waals surface area contributed by atoms with Crippen LogP contribution in [0.15, 0.2) is 95.7 Å². The normalized spacial score (nSPS) is 10.9. The molecule has 2 aromatic carbocycles. The van der Waals surface area contributed by atoms with Crippen LogP contribution in [0.3, 0.4) is 0 Å². The molecule has 3 aromatic heterocycles. The minimum atomic E-state index is -0.255. The number of pyridine rings is 1. The molecule has 0 unspecified atom stereocenters. The van der Waals surface area contributed by atoms with Crippen LogP contribution in [0.4, 0.5) is 5.82 Å². The molecule has 140 valence electrons. The number of para-hydroxylation sites is 2. The third-order valence-electron chi connectivity index (χ3n) is 4.59. The van der Waals surface area contributed by atoms with Crippen LogP contribution in [-0.4, -0.2) is 20.7 Å². The van der Waals surface area contributed by atoms with Gasteiger partial charge in [-0.1, -0.05) is 36.4 Å². The van der Waals surface area contributed by atoms with Crippen molar-refractivity contribution in [3.8, 4) is 17.1 Å². The number of benzene rings is 2. The first-order valence-electron chi connectivity index (χ1n) is 9.14. The second kappa shape index (κ2) is 7.09. The summed E-state index contributed by atoms with van der Waals surface area (Å²) in [7, 11) is 0. The number of nitrogens with zero attached hydrogens (tertiary/aromatic N) is 3. The number of aromatic nitrogens is 3. The zero-order chi connectivity index (χ0) is 19.6. The van der Waals surface area contributed by atoms with Crippen molar-refractivity contribution in [2.24, 2.45) is 0 Å². The lowest BCUT2D eigenvalue weighted by molar-refractivity contribution is 0.102. The molecule has 3 heterocycles. The summed E-state index contributed by atoms with van der Waals surface area (Å²) in [6.45, 7) is 0. The van der Waals surface area contributed by atoms with Gasteiger partial charge >= 0.3 is 0 Å². The van der Waals surface area contributed by atoms with Gasteiger partial charge in [-0.25, -0.2) is 9.67 Å². The van der Waals surface area contributed by atoms with Gasteiger partial charge in [0.15, 0.2) is 11.6 Å². The highest BCUT2D eigenvalue weighted by Gasteiger charge is 2.16. The van der Waals surface area contributed by atoms with E-state index in [1.165, 1.54) is 0 Å². The van der Waals surface area contributed by atoms with Crippen molar-refractivity contribution >= 4 is 22.6 Å². The molecule has 0 radical (unpaired) electrons. The van der Waals surface area contributed by atoms with Crippen molar-refractivity contribution in [2.75, 3.05) is 5.32 Å². The van der Waals surface area contributed by atoms with Crippen LogP contribution >= 0.6 is 0 Å². The molecule has 0 bridgehead atoms. The number of carbonyl (C=O) groups is 1. The summed E-state index contributed by atoms with van der Waals surface area (Å²) < 4.78 is 7.18. The van der Waals surface area contributed by atoms with Gasteiger partial charge in [0.2, 0.25) is 0 Å². The van der Waals surface area contributed by atoms with Gasteiger partial charge in [-0.15, -0.1) is 0 Å². The first-order chi connectivity index (χ1) is 14.3. The highest BCUT2D eigenvalue weighted by atomic mass is 16.3. The highest BCUT2D eigenvalue weighted by Crippen LogP contribution is 2.26. The van der Waals surface area contributed by atoms with Crippen molar-refractivity contribution in [3.05, 3.63) is 96.9 Å². The van der Waals surface area contributed by atoms with Gasteiger partial charge in [-0.3, -0.25) is 4.79 Å². The second-order valence-electron chi connectivity index (χ2n) is 6.48. The fourth-order valence-corrected chi connectivity index (χ4v) is 3.21. The van der Waals surface area contributed by atoms with E-state index >= 15 is 0 Å². The van der Waals surface area contributed by atoms with Crippen molar-refractivity contribution < 1.29 is 9.21 Å². The van der Waals surface area contributed by atoms with Crippen molar-refractivity contribution in [1.82, 2.24) is 14.8 Å². The van der Waals surface area contributed by atoms with E-state index in [0.29, 0.717) is 22.8 Å². The molecule has 5 rings (SSSR count). The average Bonchev–Trinajstić information content (AvgIpc) is 3.46. The largest absolute Gasteiger partial charge is 0.463 e. The Labute approximate surface area is 166 Å². The summed E-state index contributed by atoms with van der Waals surface area (Å²) in [6, 6.07) is 24.4. The van der Waals surface area contributed by atoms with E-state index < -0.39 is 0 Å². The summed E-state index contributed by atoms with van der Waals surface area (Å²) in [4.78, 5) is 17.7. The van der Waals surface area contributed by atoms with Gasteiger partial charge in [-0.2, -0.15) is 5.10 Å². The quantitative estimate of drug-likeness (QED) is 0.480. The summed E-state index contributed by atoms with van der Waals surface area (Å²) in [5.41, 5.74) is 2.76. The number of nitrogens with one attached hydrogen (secondary N) is 1. The van der Waals surface area contributed by atoms with E-state index in [0.717, 1.165) is 16.6 Å². The Hall–Kier alpha value is -4.19. The number of anilines is 1. The zero-order valence-electron chi connectivity index (χ0n) is 15.3. The van der Waals surface area contributed by atoms with Crippen LogP contribution in [0.25, 0.3) is 28.0 Å². The maximum Gasteiger partial charge on any atom is 0.257 e. The van der Waals surface area contributed by atoms with Gasteiger partial charge in [0.1, 0.15) is 5.69 Å². The van der Waals surface area contributed by atoms with Crippen molar-refractivity contribution in [1.29, 1.82) is 0 Å². The van der Waals surface area contributed by atoms with Crippen LogP contribution in [-0.2, 0) is 0 Å². The number of fused-ring (bicyclic) bond motifs is 1. The molecular weight excluding hydrogens is 364 g/mol. The van der Waals surface area contributed by atoms with Gasteiger partial charge in [0, 0.05) is 17.6 Å². The molecule has 5 aromatic rings.